The van der Waals surface area contributed by atoms with Crippen molar-refractivity contribution in [3.05, 3.63) is 53.3 Å². The SMILES string of the molecule is Cc1cc(NC(=O)COc2nn(-c3ccccc3)cc2Cl)n(C)n1. The Hall–Kier alpha value is -2.80. The van der Waals surface area contributed by atoms with E-state index in [1.807, 2.05) is 37.3 Å². The average Bonchev–Trinajstić information content (AvgIpc) is 3.08. The molecule has 0 aliphatic carbocycles. The lowest BCUT2D eigenvalue weighted by atomic mass is 10.3. The van der Waals surface area contributed by atoms with Crippen molar-refractivity contribution in [2.45, 2.75) is 6.92 Å². The highest BCUT2D eigenvalue weighted by atomic mass is 35.5. The molecule has 0 fully saturated rings. The highest BCUT2D eigenvalue weighted by molar-refractivity contribution is 6.31. The molecule has 24 heavy (non-hydrogen) atoms. The van der Waals surface area contributed by atoms with Gasteiger partial charge in [0.2, 0.25) is 0 Å². The first-order chi connectivity index (χ1) is 11.5. The maximum Gasteiger partial charge on any atom is 0.263 e. The van der Waals surface area contributed by atoms with E-state index in [4.69, 9.17) is 16.3 Å². The fourth-order valence-electron chi connectivity index (χ4n) is 2.19. The van der Waals surface area contributed by atoms with Crippen LogP contribution < -0.4 is 10.1 Å². The van der Waals surface area contributed by atoms with Gasteiger partial charge in [-0.1, -0.05) is 29.8 Å². The van der Waals surface area contributed by atoms with E-state index in [9.17, 15) is 4.79 Å². The number of hydrogen-bond acceptors (Lipinski definition) is 4. The summed E-state index contributed by atoms with van der Waals surface area (Å²) in [7, 11) is 1.75. The summed E-state index contributed by atoms with van der Waals surface area (Å²) in [6, 6.07) is 11.3. The first-order valence-corrected chi connectivity index (χ1v) is 7.64. The Balaban J connectivity index is 1.63. The molecule has 0 bridgehead atoms. The van der Waals surface area contributed by atoms with Crippen molar-refractivity contribution >= 4 is 23.3 Å². The summed E-state index contributed by atoms with van der Waals surface area (Å²) >= 11 is 6.11. The summed E-state index contributed by atoms with van der Waals surface area (Å²) in [5.74, 6) is 0.488. The van der Waals surface area contributed by atoms with Gasteiger partial charge in [-0.2, -0.15) is 5.10 Å². The molecule has 1 N–H and O–H groups in total. The molecule has 0 radical (unpaired) electrons. The van der Waals surface area contributed by atoms with Crippen LogP contribution in [0.25, 0.3) is 5.69 Å². The average molecular weight is 346 g/mol. The van der Waals surface area contributed by atoms with Crippen LogP contribution in [0.4, 0.5) is 5.82 Å². The Morgan fingerprint density at radius 1 is 1.29 bits per heavy atom. The number of hydrogen-bond donors (Lipinski definition) is 1. The minimum atomic E-state index is -0.316. The lowest BCUT2D eigenvalue weighted by Crippen LogP contribution is -2.21. The second-order valence-electron chi connectivity index (χ2n) is 5.19. The number of nitrogens with one attached hydrogen (secondary N) is 1. The molecular weight excluding hydrogens is 330 g/mol. The molecule has 0 unspecified atom stereocenters. The predicted molar refractivity (Wildman–Crippen MR) is 90.6 cm³/mol. The van der Waals surface area contributed by atoms with Crippen LogP contribution in [0.15, 0.2) is 42.6 Å². The number of carbonyl (C=O) groups excluding carboxylic acids is 1. The second-order valence-corrected chi connectivity index (χ2v) is 5.60. The smallest absolute Gasteiger partial charge is 0.263 e. The molecule has 2 heterocycles. The molecule has 7 nitrogen and oxygen atoms in total. The van der Waals surface area contributed by atoms with E-state index in [1.165, 1.54) is 0 Å². The van der Waals surface area contributed by atoms with Crippen LogP contribution in [-0.4, -0.2) is 32.1 Å². The minimum Gasteiger partial charge on any atom is -0.465 e. The van der Waals surface area contributed by atoms with E-state index in [1.54, 1.807) is 28.7 Å². The van der Waals surface area contributed by atoms with Crippen molar-refractivity contribution in [3.63, 3.8) is 0 Å². The van der Waals surface area contributed by atoms with E-state index >= 15 is 0 Å². The maximum absolute atomic E-state index is 12.0. The molecule has 0 aliphatic rings. The molecule has 0 saturated carbocycles. The molecule has 0 saturated heterocycles. The monoisotopic (exact) mass is 345 g/mol. The molecule has 1 aromatic carbocycles. The Morgan fingerprint density at radius 2 is 2.04 bits per heavy atom. The lowest BCUT2D eigenvalue weighted by molar-refractivity contribution is -0.118. The van der Waals surface area contributed by atoms with E-state index in [0.29, 0.717) is 10.8 Å². The molecule has 1 amide bonds. The van der Waals surface area contributed by atoms with Gasteiger partial charge in [-0.25, -0.2) is 4.68 Å². The van der Waals surface area contributed by atoms with Crippen LogP contribution in [0.3, 0.4) is 0 Å². The van der Waals surface area contributed by atoms with Gasteiger partial charge in [-0.3, -0.25) is 9.48 Å². The molecule has 124 valence electrons. The number of nitrogens with zero attached hydrogens (tertiary/aromatic N) is 4. The largest absolute Gasteiger partial charge is 0.465 e. The third-order valence-corrected chi connectivity index (χ3v) is 3.53. The maximum atomic E-state index is 12.0. The molecule has 3 rings (SSSR count). The lowest BCUT2D eigenvalue weighted by Gasteiger charge is -2.06. The quantitative estimate of drug-likeness (QED) is 0.771. The number of ether oxygens (including phenoxy) is 1. The van der Waals surface area contributed by atoms with Crippen molar-refractivity contribution in [1.29, 1.82) is 0 Å². The number of aromatic nitrogens is 4. The number of rotatable bonds is 5. The highest BCUT2D eigenvalue weighted by Gasteiger charge is 2.13. The third kappa shape index (κ3) is 3.57. The van der Waals surface area contributed by atoms with Gasteiger partial charge in [0.1, 0.15) is 10.8 Å². The Labute approximate surface area is 143 Å². The summed E-state index contributed by atoms with van der Waals surface area (Å²) in [6.07, 6.45) is 1.63. The topological polar surface area (TPSA) is 74.0 Å². The number of anilines is 1. The molecular formula is C16H16ClN5O2. The van der Waals surface area contributed by atoms with Gasteiger partial charge in [0.05, 0.1) is 17.6 Å². The van der Waals surface area contributed by atoms with E-state index in [0.717, 1.165) is 11.4 Å². The summed E-state index contributed by atoms with van der Waals surface area (Å²) in [5, 5.41) is 11.5. The number of benzene rings is 1. The van der Waals surface area contributed by atoms with Gasteiger partial charge < -0.3 is 10.1 Å². The number of halogens is 1. The third-order valence-electron chi connectivity index (χ3n) is 3.27. The summed E-state index contributed by atoms with van der Waals surface area (Å²) in [6.45, 7) is 1.65. The van der Waals surface area contributed by atoms with E-state index in [2.05, 4.69) is 15.5 Å². The van der Waals surface area contributed by atoms with Gasteiger partial charge in [0.15, 0.2) is 6.61 Å². The van der Waals surface area contributed by atoms with Gasteiger partial charge >= 0.3 is 0 Å². The van der Waals surface area contributed by atoms with E-state index < -0.39 is 0 Å². The van der Waals surface area contributed by atoms with Crippen molar-refractivity contribution in [3.8, 4) is 11.6 Å². The number of aryl methyl sites for hydroxylation is 2. The van der Waals surface area contributed by atoms with E-state index in [-0.39, 0.29) is 18.4 Å². The minimum absolute atomic E-state index is 0.199. The molecule has 0 atom stereocenters. The van der Waals surface area contributed by atoms with Crippen molar-refractivity contribution in [1.82, 2.24) is 19.6 Å². The van der Waals surface area contributed by atoms with Crippen molar-refractivity contribution < 1.29 is 9.53 Å². The van der Waals surface area contributed by atoms with Crippen LogP contribution in [0.2, 0.25) is 5.02 Å². The fraction of sp³-hybridized carbons (Fsp3) is 0.188. The highest BCUT2D eigenvalue weighted by Crippen LogP contribution is 2.23. The number of para-hydroxylation sites is 1. The van der Waals surface area contributed by atoms with Gasteiger partial charge in [0.25, 0.3) is 11.8 Å². The first kappa shape index (κ1) is 16.1. The normalized spacial score (nSPS) is 10.6. The summed E-state index contributed by atoms with van der Waals surface area (Å²) in [4.78, 5) is 12.0. The summed E-state index contributed by atoms with van der Waals surface area (Å²) in [5.41, 5.74) is 1.67. The zero-order chi connectivity index (χ0) is 17.1. The Morgan fingerprint density at radius 3 is 2.71 bits per heavy atom. The van der Waals surface area contributed by atoms with Crippen LogP contribution in [0, 0.1) is 6.92 Å². The number of carbonyl (C=O) groups is 1. The van der Waals surface area contributed by atoms with Crippen LogP contribution in [0.5, 0.6) is 5.88 Å². The van der Waals surface area contributed by atoms with Crippen LogP contribution >= 0.6 is 11.6 Å². The molecule has 0 spiro atoms. The second kappa shape index (κ2) is 6.76. The van der Waals surface area contributed by atoms with Crippen LogP contribution in [0.1, 0.15) is 5.69 Å². The molecule has 8 heteroatoms. The molecule has 2 aromatic heterocycles. The van der Waals surface area contributed by atoms with Crippen molar-refractivity contribution in [2.75, 3.05) is 11.9 Å². The molecule has 3 aromatic rings. The standard InChI is InChI=1S/C16H16ClN5O2/c1-11-8-14(21(2)19-11)18-15(23)10-24-16-13(17)9-22(20-16)12-6-4-3-5-7-12/h3-9H,10H2,1-2H3,(H,18,23). The Bertz CT molecular complexity index is 857. The van der Waals surface area contributed by atoms with Gasteiger partial charge in [-0.15, -0.1) is 5.10 Å². The Kier molecular flexibility index (Phi) is 4.52. The zero-order valence-electron chi connectivity index (χ0n) is 13.2. The molecule has 0 aliphatic heterocycles. The van der Waals surface area contributed by atoms with Gasteiger partial charge in [0, 0.05) is 13.1 Å². The summed E-state index contributed by atoms with van der Waals surface area (Å²) < 4.78 is 8.60. The first-order valence-electron chi connectivity index (χ1n) is 7.27. The fourth-order valence-corrected chi connectivity index (χ4v) is 2.37. The zero-order valence-corrected chi connectivity index (χ0v) is 14.0. The van der Waals surface area contributed by atoms with Gasteiger partial charge in [-0.05, 0) is 19.1 Å². The van der Waals surface area contributed by atoms with Crippen LogP contribution in [-0.2, 0) is 11.8 Å². The number of amides is 1. The van der Waals surface area contributed by atoms with Crippen molar-refractivity contribution in [2.24, 2.45) is 7.05 Å². The predicted octanol–water partition coefficient (Wildman–Crippen LogP) is 2.59.